The fraction of sp³-hybridized carbons (Fsp3) is 0.474. The predicted octanol–water partition coefficient (Wildman–Crippen LogP) is -0.462. The van der Waals surface area contributed by atoms with Gasteiger partial charge in [0.25, 0.3) is 11.8 Å². The van der Waals surface area contributed by atoms with Crippen molar-refractivity contribution in [3.63, 3.8) is 0 Å². The van der Waals surface area contributed by atoms with Crippen molar-refractivity contribution < 1.29 is 19.2 Å². The first-order valence-corrected chi connectivity index (χ1v) is 9.35. The molecule has 0 aromatic heterocycles. The molecule has 4 unspecified atom stereocenters. The highest BCUT2D eigenvalue weighted by Gasteiger charge is 2.48. The van der Waals surface area contributed by atoms with Gasteiger partial charge in [0.1, 0.15) is 6.04 Å². The first-order valence-electron chi connectivity index (χ1n) is 9.35. The molecule has 3 fully saturated rings. The Morgan fingerprint density at radius 1 is 1.15 bits per heavy atom. The van der Waals surface area contributed by atoms with Crippen LogP contribution in [-0.4, -0.2) is 53.2 Å². The maximum absolute atomic E-state index is 13.0. The van der Waals surface area contributed by atoms with Gasteiger partial charge in [0.05, 0.1) is 11.1 Å². The van der Waals surface area contributed by atoms with E-state index in [1.807, 2.05) is 6.07 Å². The lowest BCUT2D eigenvalue weighted by Gasteiger charge is -2.27. The Balaban J connectivity index is 1.39. The van der Waals surface area contributed by atoms with E-state index in [1.165, 1.54) is 6.42 Å². The molecular weight excluding hydrogens is 348 g/mol. The van der Waals surface area contributed by atoms with Gasteiger partial charge in [0, 0.05) is 31.6 Å². The van der Waals surface area contributed by atoms with Crippen molar-refractivity contribution >= 4 is 23.6 Å². The van der Waals surface area contributed by atoms with Gasteiger partial charge in [-0.2, -0.15) is 0 Å². The Morgan fingerprint density at radius 2 is 2.00 bits per heavy atom. The number of piperidine rings is 2. The van der Waals surface area contributed by atoms with Crippen LogP contribution in [0.3, 0.4) is 0 Å². The van der Waals surface area contributed by atoms with Crippen molar-refractivity contribution in [1.82, 2.24) is 20.9 Å². The lowest BCUT2D eigenvalue weighted by Crippen LogP contribution is -2.54. The van der Waals surface area contributed by atoms with Gasteiger partial charge in [0.2, 0.25) is 11.8 Å². The average molecular weight is 368 g/mol. The topological polar surface area (TPSA) is 108 Å². The van der Waals surface area contributed by atoms with E-state index in [0.717, 1.165) is 17.0 Å². The highest BCUT2D eigenvalue weighted by Crippen LogP contribution is 2.38. The van der Waals surface area contributed by atoms with Crippen molar-refractivity contribution in [3.8, 4) is 0 Å². The molecule has 27 heavy (non-hydrogen) atoms. The summed E-state index contributed by atoms with van der Waals surface area (Å²) in [5.41, 5.74) is 1.47. The van der Waals surface area contributed by atoms with Gasteiger partial charge in [-0.15, -0.1) is 0 Å². The van der Waals surface area contributed by atoms with E-state index in [4.69, 9.17) is 0 Å². The minimum absolute atomic E-state index is 0.120. The number of benzene rings is 1. The highest BCUT2D eigenvalue weighted by molar-refractivity contribution is 6.24. The molecule has 8 heteroatoms. The van der Waals surface area contributed by atoms with Crippen LogP contribution in [-0.2, 0) is 16.1 Å². The zero-order valence-electron chi connectivity index (χ0n) is 14.7. The molecule has 3 aliphatic heterocycles. The van der Waals surface area contributed by atoms with Crippen molar-refractivity contribution in [2.24, 2.45) is 5.92 Å². The summed E-state index contributed by atoms with van der Waals surface area (Å²) >= 11 is 0. The van der Waals surface area contributed by atoms with Crippen LogP contribution in [0.25, 0.3) is 0 Å². The van der Waals surface area contributed by atoms with Crippen molar-refractivity contribution in [2.45, 2.75) is 43.9 Å². The summed E-state index contributed by atoms with van der Waals surface area (Å²) in [6, 6.07) is 5.31. The van der Waals surface area contributed by atoms with Gasteiger partial charge < -0.3 is 10.6 Å². The molecule has 4 amide bonds. The van der Waals surface area contributed by atoms with Crippen LogP contribution in [0.2, 0.25) is 0 Å². The summed E-state index contributed by atoms with van der Waals surface area (Å²) in [6.45, 7) is 1.42. The fourth-order valence-corrected chi connectivity index (χ4v) is 4.52. The molecule has 2 saturated heterocycles. The molecule has 1 aromatic carbocycles. The monoisotopic (exact) mass is 368 g/mol. The van der Waals surface area contributed by atoms with E-state index in [0.29, 0.717) is 35.7 Å². The van der Waals surface area contributed by atoms with Gasteiger partial charge >= 0.3 is 0 Å². The Kier molecular flexibility index (Phi) is 3.66. The smallest absolute Gasteiger partial charge is 0.262 e. The van der Waals surface area contributed by atoms with Crippen LogP contribution in [0.15, 0.2) is 18.2 Å². The van der Waals surface area contributed by atoms with E-state index in [-0.39, 0.29) is 18.7 Å². The molecule has 140 valence electrons. The van der Waals surface area contributed by atoms with Gasteiger partial charge in [-0.05, 0) is 30.4 Å². The lowest BCUT2D eigenvalue weighted by molar-refractivity contribution is -0.136. The van der Waals surface area contributed by atoms with Crippen LogP contribution in [0.1, 0.15) is 45.5 Å². The number of amides is 4. The molecule has 4 aliphatic rings. The Morgan fingerprint density at radius 3 is 2.70 bits per heavy atom. The van der Waals surface area contributed by atoms with Gasteiger partial charge in [-0.3, -0.25) is 29.4 Å². The molecule has 1 aliphatic carbocycles. The minimum atomic E-state index is -0.929. The summed E-state index contributed by atoms with van der Waals surface area (Å²) in [5.74, 6) is -1.22. The molecular formula is C19H20N4O4. The summed E-state index contributed by atoms with van der Waals surface area (Å²) in [5, 5.41) is 9.15. The SMILES string of the molecule is O=C1CCC(N2C(=O)c3cccc(CNC4CNC5CC45)c3C2=O)C(=O)N1. The van der Waals surface area contributed by atoms with Crippen molar-refractivity contribution in [3.05, 3.63) is 34.9 Å². The normalized spacial score (nSPS) is 31.8. The number of imide groups is 2. The molecule has 0 bridgehead atoms. The van der Waals surface area contributed by atoms with E-state index >= 15 is 0 Å². The number of hydrogen-bond donors (Lipinski definition) is 3. The molecule has 8 nitrogen and oxygen atoms in total. The third-order valence-electron chi connectivity index (χ3n) is 6.07. The maximum Gasteiger partial charge on any atom is 0.262 e. The largest absolute Gasteiger partial charge is 0.312 e. The van der Waals surface area contributed by atoms with Gasteiger partial charge in [-0.25, -0.2) is 0 Å². The molecule has 0 spiro atoms. The van der Waals surface area contributed by atoms with Crippen LogP contribution in [0.4, 0.5) is 0 Å². The van der Waals surface area contributed by atoms with E-state index in [2.05, 4.69) is 16.0 Å². The number of carbonyl (C=O) groups is 4. The highest BCUT2D eigenvalue weighted by atomic mass is 16.2. The van der Waals surface area contributed by atoms with Gasteiger partial charge in [0.15, 0.2) is 0 Å². The summed E-state index contributed by atoms with van der Waals surface area (Å²) < 4.78 is 0. The van der Waals surface area contributed by atoms with E-state index in [9.17, 15) is 19.2 Å². The molecule has 1 saturated carbocycles. The fourth-order valence-electron chi connectivity index (χ4n) is 4.52. The maximum atomic E-state index is 13.0. The number of nitrogens with one attached hydrogen (secondary N) is 3. The molecule has 3 N–H and O–H groups in total. The number of rotatable bonds is 4. The van der Waals surface area contributed by atoms with Crippen LogP contribution in [0, 0.1) is 5.92 Å². The summed E-state index contributed by atoms with van der Waals surface area (Å²) in [4.78, 5) is 50.4. The Bertz CT molecular complexity index is 882. The zero-order valence-corrected chi connectivity index (χ0v) is 14.7. The molecule has 0 radical (unpaired) electrons. The molecule has 1 aromatic rings. The first-order chi connectivity index (χ1) is 13.0. The standard InChI is InChI=1S/C19H20N4O4/c24-15-5-4-14(17(25)22-15)23-18(26)10-3-1-2-9(16(10)19(23)27)7-20-13-8-21-12-6-11(12)13/h1-3,11-14,20-21H,4-8H2,(H,22,24,25). The molecule has 4 atom stereocenters. The molecule has 3 heterocycles. The predicted molar refractivity (Wildman–Crippen MR) is 93.6 cm³/mol. The number of nitrogens with zero attached hydrogens (tertiary/aromatic N) is 1. The second-order valence-electron chi connectivity index (χ2n) is 7.69. The van der Waals surface area contributed by atoms with Crippen LogP contribution in [0.5, 0.6) is 0 Å². The number of carbonyl (C=O) groups excluding carboxylic acids is 4. The Labute approximate surface area is 155 Å². The second-order valence-corrected chi connectivity index (χ2v) is 7.69. The van der Waals surface area contributed by atoms with Crippen molar-refractivity contribution in [2.75, 3.05) is 6.54 Å². The van der Waals surface area contributed by atoms with Crippen molar-refractivity contribution in [1.29, 1.82) is 0 Å². The van der Waals surface area contributed by atoms with Crippen LogP contribution >= 0.6 is 0 Å². The minimum Gasteiger partial charge on any atom is -0.312 e. The second kappa shape index (κ2) is 5.97. The quantitative estimate of drug-likeness (QED) is 0.621. The lowest BCUT2D eigenvalue weighted by atomic mass is 10.0. The third kappa shape index (κ3) is 2.59. The summed E-state index contributed by atoms with van der Waals surface area (Å²) in [7, 11) is 0. The van der Waals surface area contributed by atoms with E-state index < -0.39 is 23.8 Å². The van der Waals surface area contributed by atoms with Gasteiger partial charge in [-0.1, -0.05) is 12.1 Å². The van der Waals surface area contributed by atoms with E-state index in [1.54, 1.807) is 12.1 Å². The molecule has 5 rings (SSSR count). The Hall–Kier alpha value is -2.58. The van der Waals surface area contributed by atoms with Crippen LogP contribution < -0.4 is 16.0 Å². The average Bonchev–Trinajstić information content (AvgIpc) is 3.25. The number of fused-ring (bicyclic) bond motifs is 2. The first kappa shape index (κ1) is 16.6. The zero-order chi connectivity index (χ0) is 18.7. The number of hydrogen-bond acceptors (Lipinski definition) is 6. The summed E-state index contributed by atoms with van der Waals surface area (Å²) in [6.07, 6.45) is 1.47. The third-order valence-corrected chi connectivity index (χ3v) is 6.07.